The summed E-state index contributed by atoms with van der Waals surface area (Å²) in [6.07, 6.45) is -8.19. The summed E-state index contributed by atoms with van der Waals surface area (Å²) >= 11 is 0. The van der Waals surface area contributed by atoms with Crippen LogP contribution in [0.1, 0.15) is 17.7 Å². The molecule has 1 rings (SSSR count). The molecule has 0 amide bonds. The van der Waals surface area contributed by atoms with Crippen molar-refractivity contribution in [2.75, 3.05) is 0 Å². The lowest BCUT2D eigenvalue weighted by molar-refractivity contribution is -0.390. The fourth-order valence-corrected chi connectivity index (χ4v) is 1.24. The summed E-state index contributed by atoms with van der Waals surface area (Å²) < 4.78 is 64.3. The Bertz CT molecular complexity index is 475. The monoisotopic (exact) mass is 272 g/mol. The van der Waals surface area contributed by atoms with Gasteiger partial charge < -0.3 is 4.74 Å². The lowest BCUT2D eigenvalue weighted by Crippen LogP contribution is -2.19. The maximum Gasteiger partial charge on any atom is 0.573 e. The van der Waals surface area contributed by atoms with Gasteiger partial charge in [-0.2, -0.15) is 0 Å². The largest absolute Gasteiger partial charge is 0.573 e. The number of halogens is 5. The summed E-state index contributed by atoms with van der Waals surface area (Å²) in [5, 5.41) is 10.6. The first kappa shape index (κ1) is 14.1. The summed E-state index contributed by atoms with van der Waals surface area (Å²) in [5.41, 5.74) is -3.07. The Balaban J connectivity index is 3.44. The second-order valence-corrected chi connectivity index (χ2v) is 3.08. The molecular formula is C8H5F5N2O3. The molecule has 1 aromatic rings. The minimum absolute atomic E-state index is 0.382. The van der Waals surface area contributed by atoms with Crippen molar-refractivity contribution < 1.29 is 31.6 Å². The first-order valence-electron chi connectivity index (χ1n) is 4.31. The first-order chi connectivity index (χ1) is 8.13. The van der Waals surface area contributed by atoms with Crippen LogP contribution in [0.5, 0.6) is 5.75 Å². The van der Waals surface area contributed by atoms with E-state index in [9.17, 15) is 32.1 Å². The number of alkyl halides is 5. The van der Waals surface area contributed by atoms with Crippen molar-refractivity contribution in [1.82, 2.24) is 4.98 Å². The van der Waals surface area contributed by atoms with Gasteiger partial charge in [0.2, 0.25) is 5.75 Å². The van der Waals surface area contributed by atoms with Gasteiger partial charge in [0.15, 0.2) is 0 Å². The zero-order chi connectivity index (χ0) is 14.1. The molecule has 100 valence electrons. The van der Waals surface area contributed by atoms with E-state index in [0.717, 1.165) is 6.92 Å². The quantitative estimate of drug-likeness (QED) is 0.481. The van der Waals surface area contributed by atoms with Gasteiger partial charge in [0, 0.05) is 0 Å². The zero-order valence-electron chi connectivity index (χ0n) is 8.66. The number of ether oxygens (including phenoxy) is 1. The van der Waals surface area contributed by atoms with Crippen LogP contribution >= 0.6 is 0 Å². The number of aromatic nitrogens is 1. The molecule has 1 aromatic heterocycles. The number of nitrogens with zero attached hydrogens (tertiary/aromatic N) is 2. The van der Waals surface area contributed by atoms with E-state index in [4.69, 9.17) is 0 Å². The molecular weight excluding hydrogens is 267 g/mol. The fraction of sp³-hybridized carbons (Fsp3) is 0.375. The number of rotatable bonds is 3. The number of hydrogen-bond acceptors (Lipinski definition) is 4. The molecule has 0 radical (unpaired) electrons. The van der Waals surface area contributed by atoms with Crippen molar-refractivity contribution in [1.29, 1.82) is 0 Å². The average Bonchev–Trinajstić information content (AvgIpc) is 2.17. The molecule has 0 fully saturated rings. The van der Waals surface area contributed by atoms with Gasteiger partial charge in [0.1, 0.15) is 5.56 Å². The van der Waals surface area contributed by atoms with E-state index in [1.807, 2.05) is 0 Å². The predicted octanol–water partition coefficient (Wildman–Crippen LogP) is 3.13. The topological polar surface area (TPSA) is 65.3 Å². The normalized spacial score (nSPS) is 11.7. The summed E-state index contributed by atoms with van der Waals surface area (Å²) in [6, 6.07) is 0. The molecule has 0 saturated heterocycles. The molecule has 0 bridgehead atoms. The molecule has 0 atom stereocenters. The van der Waals surface area contributed by atoms with E-state index in [1.54, 1.807) is 0 Å². The van der Waals surface area contributed by atoms with Crippen molar-refractivity contribution in [3.8, 4) is 5.75 Å². The van der Waals surface area contributed by atoms with Crippen LogP contribution in [0.15, 0.2) is 6.20 Å². The standard InChI is InChI=1S/C8H5F5N2O3/c1-3-5(7(9)10)6(15(16)17)4(2-14-3)18-8(11,12)13/h2,7H,1H3. The van der Waals surface area contributed by atoms with E-state index in [2.05, 4.69) is 9.72 Å². The highest BCUT2D eigenvalue weighted by Gasteiger charge is 2.38. The van der Waals surface area contributed by atoms with Crippen molar-refractivity contribution in [2.45, 2.75) is 19.7 Å². The Labute approximate surface area is 96.3 Å². The van der Waals surface area contributed by atoms with Crippen LogP contribution in [0.3, 0.4) is 0 Å². The molecule has 0 aliphatic carbocycles. The maximum absolute atomic E-state index is 12.6. The second kappa shape index (κ2) is 4.70. The zero-order valence-corrected chi connectivity index (χ0v) is 8.66. The Morgan fingerprint density at radius 2 is 2.00 bits per heavy atom. The van der Waals surface area contributed by atoms with E-state index in [1.165, 1.54) is 0 Å². The van der Waals surface area contributed by atoms with E-state index < -0.39 is 40.4 Å². The van der Waals surface area contributed by atoms with Crippen LogP contribution in [-0.4, -0.2) is 16.3 Å². The molecule has 0 spiro atoms. The van der Waals surface area contributed by atoms with Gasteiger partial charge in [-0.1, -0.05) is 0 Å². The van der Waals surface area contributed by atoms with E-state index >= 15 is 0 Å². The lowest BCUT2D eigenvalue weighted by atomic mass is 10.1. The van der Waals surface area contributed by atoms with E-state index in [-0.39, 0.29) is 0 Å². The Hall–Kier alpha value is -2.00. The SMILES string of the molecule is Cc1ncc(OC(F)(F)F)c([N+](=O)[O-])c1C(F)F. The van der Waals surface area contributed by atoms with Gasteiger partial charge in [-0.25, -0.2) is 8.78 Å². The second-order valence-electron chi connectivity index (χ2n) is 3.08. The number of aryl methyl sites for hydroxylation is 1. The highest BCUT2D eigenvalue weighted by molar-refractivity contribution is 5.53. The molecule has 0 aliphatic heterocycles. The Morgan fingerprint density at radius 1 is 1.44 bits per heavy atom. The fourth-order valence-electron chi connectivity index (χ4n) is 1.24. The summed E-state index contributed by atoms with van der Waals surface area (Å²) in [5.74, 6) is -1.37. The van der Waals surface area contributed by atoms with Crippen molar-refractivity contribution in [2.24, 2.45) is 0 Å². The van der Waals surface area contributed by atoms with Gasteiger partial charge in [-0.3, -0.25) is 15.1 Å². The predicted molar refractivity (Wildman–Crippen MR) is 47.3 cm³/mol. The van der Waals surface area contributed by atoms with Crippen molar-refractivity contribution in [3.63, 3.8) is 0 Å². The van der Waals surface area contributed by atoms with Crippen LogP contribution in [0.25, 0.3) is 0 Å². The third-order valence-electron chi connectivity index (χ3n) is 1.88. The molecule has 10 heteroatoms. The molecule has 18 heavy (non-hydrogen) atoms. The van der Waals surface area contributed by atoms with Crippen molar-refractivity contribution in [3.05, 3.63) is 27.6 Å². The molecule has 5 nitrogen and oxygen atoms in total. The summed E-state index contributed by atoms with van der Waals surface area (Å²) in [4.78, 5) is 12.4. The molecule has 0 aromatic carbocycles. The van der Waals surface area contributed by atoms with Crippen LogP contribution in [0.4, 0.5) is 27.6 Å². The molecule has 0 saturated carbocycles. The summed E-state index contributed by atoms with van der Waals surface area (Å²) in [6.45, 7) is 1.02. The van der Waals surface area contributed by atoms with Crippen LogP contribution < -0.4 is 4.74 Å². The minimum Gasteiger partial charge on any atom is -0.397 e. The molecule has 0 N–H and O–H groups in total. The van der Waals surface area contributed by atoms with Crippen LogP contribution in [0, 0.1) is 17.0 Å². The Morgan fingerprint density at radius 3 is 2.39 bits per heavy atom. The van der Waals surface area contributed by atoms with Gasteiger partial charge in [-0.15, -0.1) is 13.2 Å². The highest BCUT2D eigenvalue weighted by atomic mass is 19.4. The van der Waals surface area contributed by atoms with Gasteiger partial charge >= 0.3 is 12.0 Å². The van der Waals surface area contributed by atoms with Crippen LogP contribution in [-0.2, 0) is 0 Å². The minimum atomic E-state index is -5.24. The third-order valence-corrected chi connectivity index (χ3v) is 1.88. The molecule has 0 unspecified atom stereocenters. The smallest absolute Gasteiger partial charge is 0.397 e. The first-order valence-corrected chi connectivity index (χ1v) is 4.31. The lowest BCUT2D eigenvalue weighted by Gasteiger charge is -2.12. The third kappa shape index (κ3) is 3.02. The number of pyridine rings is 1. The van der Waals surface area contributed by atoms with Crippen molar-refractivity contribution >= 4 is 5.69 Å². The van der Waals surface area contributed by atoms with Gasteiger partial charge in [0.05, 0.1) is 16.8 Å². The molecule has 1 heterocycles. The average molecular weight is 272 g/mol. The van der Waals surface area contributed by atoms with Crippen LogP contribution in [0.2, 0.25) is 0 Å². The molecule has 0 aliphatic rings. The number of nitro groups is 1. The van der Waals surface area contributed by atoms with Gasteiger partial charge in [-0.05, 0) is 6.92 Å². The summed E-state index contributed by atoms with van der Waals surface area (Å²) in [7, 11) is 0. The Kier molecular flexibility index (Phi) is 3.67. The number of hydrogen-bond donors (Lipinski definition) is 0. The van der Waals surface area contributed by atoms with E-state index in [0.29, 0.717) is 6.20 Å². The maximum atomic E-state index is 12.6. The highest BCUT2D eigenvalue weighted by Crippen LogP contribution is 2.39. The van der Waals surface area contributed by atoms with Gasteiger partial charge in [0.25, 0.3) is 6.43 Å².